The molecule has 0 atom stereocenters. The van der Waals surface area contributed by atoms with E-state index in [0.29, 0.717) is 0 Å². The Morgan fingerprint density at radius 3 is 2.04 bits per heavy atom. The first-order valence-corrected chi connectivity index (χ1v) is 10.3. The van der Waals surface area contributed by atoms with Gasteiger partial charge in [0.25, 0.3) is 0 Å². The average molecular weight is 358 g/mol. The summed E-state index contributed by atoms with van der Waals surface area (Å²) in [5.41, 5.74) is 13.5. The van der Waals surface area contributed by atoms with Crippen LogP contribution in [0.15, 0.2) is 72.8 Å². The van der Waals surface area contributed by atoms with E-state index in [9.17, 15) is 0 Å². The number of nitrogen functional groups attached to an aromatic ring is 1. The molecule has 3 rings (SSSR count). The van der Waals surface area contributed by atoms with Gasteiger partial charge in [-0.25, -0.2) is 0 Å². The molecular formula is C26H31N. The Balaban J connectivity index is 1.66. The molecule has 0 aromatic heterocycles. The van der Waals surface area contributed by atoms with E-state index in [0.717, 1.165) is 18.5 Å². The molecule has 2 N–H and O–H groups in total. The second-order valence-electron chi connectivity index (χ2n) is 7.41. The number of hydrogen-bond donors (Lipinski definition) is 1. The highest BCUT2D eigenvalue weighted by atomic mass is 14.5. The molecule has 0 fully saturated rings. The van der Waals surface area contributed by atoms with Gasteiger partial charge >= 0.3 is 0 Å². The Kier molecular flexibility index (Phi) is 7.10. The molecule has 0 bridgehead atoms. The van der Waals surface area contributed by atoms with Crippen LogP contribution < -0.4 is 5.73 Å². The van der Waals surface area contributed by atoms with Crippen LogP contribution in [0.3, 0.4) is 0 Å². The van der Waals surface area contributed by atoms with Gasteiger partial charge in [0.05, 0.1) is 0 Å². The van der Waals surface area contributed by atoms with Crippen LogP contribution in [0.1, 0.15) is 49.3 Å². The third-order valence-corrected chi connectivity index (χ3v) is 5.26. The lowest BCUT2D eigenvalue weighted by Gasteiger charge is -2.11. The van der Waals surface area contributed by atoms with Crippen molar-refractivity contribution < 1.29 is 0 Å². The van der Waals surface area contributed by atoms with Gasteiger partial charge in [-0.3, -0.25) is 0 Å². The Labute approximate surface area is 164 Å². The minimum absolute atomic E-state index is 0.828. The number of benzene rings is 3. The second kappa shape index (κ2) is 9.97. The van der Waals surface area contributed by atoms with E-state index in [4.69, 9.17) is 5.73 Å². The number of rotatable bonds is 9. The maximum Gasteiger partial charge on any atom is 0.0314 e. The van der Waals surface area contributed by atoms with Gasteiger partial charge < -0.3 is 5.73 Å². The van der Waals surface area contributed by atoms with Crippen LogP contribution in [0.4, 0.5) is 5.69 Å². The van der Waals surface area contributed by atoms with Crippen LogP contribution in [-0.2, 0) is 19.3 Å². The summed E-state index contributed by atoms with van der Waals surface area (Å²) < 4.78 is 0. The van der Waals surface area contributed by atoms with Gasteiger partial charge in [0.1, 0.15) is 0 Å². The Morgan fingerprint density at radius 1 is 0.630 bits per heavy atom. The fraction of sp³-hybridized carbons (Fsp3) is 0.308. The average Bonchev–Trinajstić information content (AvgIpc) is 2.72. The highest BCUT2D eigenvalue weighted by molar-refractivity contribution is 5.67. The minimum Gasteiger partial charge on any atom is -0.399 e. The van der Waals surface area contributed by atoms with E-state index < -0.39 is 0 Å². The largest absolute Gasteiger partial charge is 0.399 e. The fourth-order valence-electron chi connectivity index (χ4n) is 3.59. The molecule has 3 aromatic rings. The van der Waals surface area contributed by atoms with Crippen LogP contribution in [0.5, 0.6) is 0 Å². The van der Waals surface area contributed by atoms with Crippen molar-refractivity contribution in [1.82, 2.24) is 0 Å². The first-order valence-electron chi connectivity index (χ1n) is 10.3. The highest BCUT2D eigenvalue weighted by Crippen LogP contribution is 2.26. The lowest BCUT2D eigenvalue weighted by Crippen LogP contribution is -1.95. The van der Waals surface area contributed by atoms with Gasteiger partial charge in [-0.2, -0.15) is 0 Å². The minimum atomic E-state index is 0.828. The Hall–Kier alpha value is -2.54. The van der Waals surface area contributed by atoms with Gasteiger partial charge in [0.2, 0.25) is 0 Å². The lowest BCUT2D eigenvalue weighted by molar-refractivity contribution is 0.667. The van der Waals surface area contributed by atoms with E-state index >= 15 is 0 Å². The van der Waals surface area contributed by atoms with Gasteiger partial charge in [0, 0.05) is 5.69 Å². The Morgan fingerprint density at radius 2 is 1.30 bits per heavy atom. The molecule has 0 aliphatic carbocycles. The fourth-order valence-corrected chi connectivity index (χ4v) is 3.59. The number of nitrogens with two attached hydrogens (primary N) is 1. The molecule has 0 aliphatic heterocycles. The third-order valence-electron chi connectivity index (χ3n) is 5.26. The Bertz CT molecular complexity index is 816. The van der Waals surface area contributed by atoms with E-state index in [1.807, 2.05) is 12.1 Å². The lowest BCUT2D eigenvalue weighted by atomic mass is 9.94. The van der Waals surface area contributed by atoms with Crippen molar-refractivity contribution in [2.75, 3.05) is 5.73 Å². The molecule has 140 valence electrons. The van der Waals surface area contributed by atoms with Crippen molar-refractivity contribution in [3.8, 4) is 11.1 Å². The van der Waals surface area contributed by atoms with Crippen LogP contribution in [0, 0.1) is 0 Å². The van der Waals surface area contributed by atoms with Crippen molar-refractivity contribution in [3.05, 3.63) is 89.5 Å². The SMILES string of the molecule is CCCCCCc1ccc(-c2ccccc2CCc2ccc(N)cc2)cc1. The molecule has 0 radical (unpaired) electrons. The van der Waals surface area contributed by atoms with Crippen LogP contribution in [-0.4, -0.2) is 0 Å². The summed E-state index contributed by atoms with van der Waals surface area (Å²) in [4.78, 5) is 0. The maximum atomic E-state index is 5.79. The predicted octanol–water partition coefficient (Wildman–Crippen LogP) is 6.84. The first kappa shape index (κ1) is 19.2. The zero-order valence-electron chi connectivity index (χ0n) is 16.5. The van der Waals surface area contributed by atoms with Crippen molar-refractivity contribution in [1.29, 1.82) is 0 Å². The molecule has 27 heavy (non-hydrogen) atoms. The van der Waals surface area contributed by atoms with E-state index in [1.54, 1.807) is 0 Å². The molecule has 1 heteroatoms. The summed E-state index contributed by atoms with van der Waals surface area (Å²) in [6.45, 7) is 2.26. The zero-order valence-corrected chi connectivity index (χ0v) is 16.5. The van der Waals surface area contributed by atoms with Crippen molar-refractivity contribution in [2.24, 2.45) is 0 Å². The summed E-state index contributed by atoms with van der Waals surface area (Å²) in [5, 5.41) is 0. The van der Waals surface area contributed by atoms with Crippen LogP contribution >= 0.6 is 0 Å². The highest BCUT2D eigenvalue weighted by Gasteiger charge is 2.05. The monoisotopic (exact) mass is 357 g/mol. The van der Waals surface area contributed by atoms with E-state index in [2.05, 4.69) is 67.6 Å². The number of anilines is 1. The van der Waals surface area contributed by atoms with Crippen LogP contribution in [0.25, 0.3) is 11.1 Å². The van der Waals surface area contributed by atoms with Crippen LogP contribution in [0.2, 0.25) is 0 Å². The summed E-state index contributed by atoms with van der Waals surface area (Å²) in [7, 11) is 0. The topological polar surface area (TPSA) is 26.0 Å². The summed E-state index contributed by atoms with van der Waals surface area (Å²) >= 11 is 0. The molecule has 0 aliphatic rings. The number of unbranched alkanes of at least 4 members (excludes halogenated alkanes) is 3. The van der Waals surface area contributed by atoms with Crippen molar-refractivity contribution in [3.63, 3.8) is 0 Å². The molecule has 0 amide bonds. The predicted molar refractivity (Wildman–Crippen MR) is 118 cm³/mol. The number of hydrogen-bond acceptors (Lipinski definition) is 1. The summed E-state index contributed by atoms with van der Waals surface area (Å²) in [5.74, 6) is 0. The van der Waals surface area contributed by atoms with Gasteiger partial charge in [-0.1, -0.05) is 86.8 Å². The van der Waals surface area contributed by atoms with Crippen molar-refractivity contribution >= 4 is 5.69 Å². The van der Waals surface area contributed by atoms with Gasteiger partial charge in [0.15, 0.2) is 0 Å². The molecule has 3 aromatic carbocycles. The summed E-state index contributed by atoms with van der Waals surface area (Å²) in [6.07, 6.45) is 8.55. The number of aryl methyl sites for hydroxylation is 3. The van der Waals surface area contributed by atoms with Gasteiger partial charge in [-0.15, -0.1) is 0 Å². The molecule has 0 heterocycles. The second-order valence-corrected chi connectivity index (χ2v) is 7.41. The molecule has 0 unspecified atom stereocenters. The molecule has 0 saturated heterocycles. The van der Waals surface area contributed by atoms with Gasteiger partial charge in [-0.05, 0) is 65.6 Å². The first-order chi connectivity index (χ1) is 13.3. The quantitative estimate of drug-likeness (QED) is 0.329. The smallest absolute Gasteiger partial charge is 0.0314 e. The van der Waals surface area contributed by atoms with Crippen molar-refractivity contribution in [2.45, 2.75) is 51.9 Å². The molecule has 0 saturated carbocycles. The van der Waals surface area contributed by atoms with E-state index in [-0.39, 0.29) is 0 Å². The molecule has 0 spiro atoms. The van der Waals surface area contributed by atoms with E-state index in [1.165, 1.54) is 59.9 Å². The normalized spacial score (nSPS) is 10.9. The standard InChI is InChI=1S/C26H31N/c1-2-3-4-5-8-21-11-17-24(18-12-21)26-10-7-6-9-23(26)16-13-22-14-19-25(27)20-15-22/h6-7,9-12,14-15,17-20H,2-5,8,13,16,27H2,1H3. The summed E-state index contributed by atoms with van der Waals surface area (Å²) in [6, 6.07) is 26.2. The zero-order chi connectivity index (χ0) is 18.9. The third kappa shape index (κ3) is 5.72. The molecule has 1 nitrogen and oxygen atoms in total. The maximum absolute atomic E-state index is 5.79. The molecular weight excluding hydrogens is 326 g/mol.